The van der Waals surface area contributed by atoms with Crippen LogP contribution < -0.4 is 5.32 Å². The van der Waals surface area contributed by atoms with E-state index < -0.39 is 0 Å². The number of nitrogens with zero attached hydrogens (tertiary/aromatic N) is 1. The molecular weight excluding hydrogens is 353 g/mol. The van der Waals surface area contributed by atoms with Crippen LogP contribution in [0.15, 0.2) is 48.8 Å². The second kappa shape index (κ2) is 6.83. The lowest BCUT2D eigenvalue weighted by Crippen LogP contribution is -2.24. The van der Waals surface area contributed by atoms with Gasteiger partial charge in [-0.05, 0) is 60.3 Å². The van der Waals surface area contributed by atoms with Crippen LogP contribution in [-0.4, -0.2) is 17.2 Å². The van der Waals surface area contributed by atoms with Crippen molar-refractivity contribution in [2.75, 3.05) is 7.05 Å². The van der Waals surface area contributed by atoms with Crippen LogP contribution >= 0.6 is 23.2 Å². The Bertz CT molecular complexity index is 890. The van der Waals surface area contributed by atoms with Gasteiger partial charge in [-0.3, -0.25) is 5.10 Å². The van der Waals surface area contributed by atoms with E-state index in [0.717, 1.165) is 18.4 Å². The van der Waals surface area contributed by atoms with Crippen LogP contribution in [0.4, 0.5) is 0 Å². The monoisotopic (exact) mass is 371 g/mol. The number of rotatable bonds is 3. The van der Waals surface area contributed by atoms with Gasteiger partial charge in [-0.25, -0.2) is 0 Å². The van der Waals surface area contributed by atoms with Crippen LogP contribution in [-0.2, 0) is 0 Å². The van der Waals surface area contributed by atoms with Crippen molar-refractivity contribution in [1.82, 2.24) is 15.5 Å². The highest BCUT2D eigenvalue weighted by Crippen LogP contribution is 2.43. The predicted molar refractivity (Wildman–Crippen MR) is 103 cm³/mol. The lowest BCUT2D eigenvalue weighted by molar-refractivity contribution is 0.471. The molecule has 2 N–H and O–H groups in total. The van der Waals surface area contributed by atoms with E-state index in [9.17, 15) is 0 Å². The molecule has 0 unspecified atom stereocenters. The molecule has 1 aromatic heterocycles. The molecule has 25 heavy (non-hydrogen) atoms. The molecule has 0 radical (unpaired) electrons. The average molecular weight is 372 g/mol. The molecule has 0 spiro atoms. The van der Waals surface area contributed by atoms with Gasteiger partial charge in [-0.15, -0.1) is 0 Å². The maximum atomic E-state index is 6.25. The topological polar surface area (TPSA) is 40.7 Å². The zero-order chi connectivity index (χ0) is 17.4. The average Bonchev–Trinajstić information content (AvgIpc) is 3.17. The second-order valence-electron chi connectivity index (χ2n) is 6.48. The third-order valence-corrected chi connectivity index (χ3v) is 5.85. The summed E-state index contributed by atoms with van der Waals surface area (Å²) < 4.78 is 0. The number of fused-ring (bicyclic) bond motifs is 1. The number of H-pyrrole nitrogens is 1. The fourth-order valence-corrected chi connectivity index (χ4v) is 4.11. The number of aromatic amines is 1. The molecule has 0 saturated heterocycles. The van der Waals surface area contributed by atoms with Crippen LogP contribution in [0.25, 0.3) is 11.1 Å². The molecule has 5 heteroatoms. The third-order valence-electron chi connectivity index (χ3n) is 5.11. The van der Waals surface area contributed by atoms with E-state index in [1.54, 1.807) is 0 Å². The SMILES string of the molecule is CN[C@H]1CC[C@@H](c2ccc(Cl)c(Cl)c2)c2ccc(-c3cn[nH]c3)cc21. The smallest absolute Gasteiger partial charge is 0.0595 e. The number of hydrogen-bond donors (Lipinski definition) is 2. The summed E-state index contributed by atoms with van der Waals surface area (Å²) in [4.78, 5) is 0. The molecule has 0 aliphatic heterocycles. The van der Waals surface area contributed by atoms with Gasteiger partial charge < -0.3 is 5.32 Å². The highest BCUT2D eigenvalue weighted by molar-refractivity contribution is 6.42. The van der Waals surface area contributed by atoms with Crippen molar-refractivity contribution in [3.05, 3.63) is 75.5 Å². The van der Waals surface area contributed by atoms with Crippen LogP contribution in [0, 0.1) is 0 Å². The van der Waals surface area contributed by atoms with Crippen molar-refractivity contribution in [2.45, 2.75) is 24.8 Å². The Morgan fingerprint density at radius 1 is 1.00 bits per heavy atom. The summed E-state index contributed by atoms with van der Waals surface area (Å²) in [5.74, 6) is 0.341. The largest absolute Gasteiger partial charge is 0.313 e. The zero-order valence-corrected chi connectivity index (χ0v) is 15.4. The summed E-state index contributed by atoms with van der Waals surface area (Å²) in [6.07, 6.45) is 5.95. The molecule has 1 aliphatic rings. The first-order chi connectivity index (χ1) is 12.2. The van der Waals surface area contributed by atoms with E-state index in [1.165, 1.54) is 22.3 Å². The first-order valence-electron chi connectivity index (χ1n) is 8.42. The van der Waals surface area contributed by atoms with Gasteiger partial charge in [0.05, 0.1) is 16.2 Å². The molecule has 3 aromatic rings. The van der Waals surface area contributed by atoms with Gasteiger partial charge in [0.25, 0.3) is 0 Å². The van der Waals surface area contributed by atoms with Crippen molar-refractivity contribution < 1.29 is 0 Å². The van der Waals surface area contributed by atoms with Gasteiger partial charge >= 0.3 is 0 Å². The van der Waals surface area contributed by atoms with Gasteiger partial charge in [0.1, 0.15) is 0 Å². The molecule has 2 aromatic carbocycles. The predicted octanol–water partition coefficient (Wildman–Crippen LogP) is 5.57. The first-order valence-corrected chi connectivity index (χ1v) is 9.18. The zero-order valence-electron chi connectivity index (χ0n) is 13.9. The van der Waals surface area contributed by atoms with Crippen molar-refractivity contribution >= 4 is 23.2 Å². The van der Waals surface area contributed by atoms with Crippen LogP contribution in [0.5, 0.6) is 0 Å². The Hall–Kier alpha value is -1.81. The fourth-order valence-electron chi connectivity index (χ4n) is 3.80. The molecular formula is C20H19Cl2N3. The molecule has 2 atom stereocenters. The number of halogens is 2. The van der Waals surface area contributed by atoms with Gasteiger partial charge in [0, 0.05) is 23.7 Å². The molecule has 0 bridgehead atoms. The summed E-state index contributed by atoms with van der Waals surface area (Å²) in [6, 6.07) is 13.0. The molecule has 1 heterocycles. The number of benzene rings is 2. The normalized spacial score (nSPS) is 19.6. The van der Waals surface area contributed by atoms with Gasteiger partial charge in [0.2, 0.25) is 0 Å². The van der Waals surface area contributed by atoms with Crippen LogP contribution in [0.3, 0.4) is 0 Å². The molecule has 1 aliphatic carbocycles. The summed E-state index contributed by atoms with van der Waals surface area (Å²) in [5, 5.41) is 11.6. The minimum Gasteiger partial charge on any atom is -0.313 e. The van der Waals surface area contributed by atoms with Gasteiger partial charge in [-0.2, -0.15) is 5.10 Å². The number of hydrogen-bond acceptors (Lipinski definition) is 2. The number of aromatic nitrogens is 2. The van der Waals surface area contributed by atoms with Crippen molar-refractivity contribution in [3.63, 3.8) is 0 Å². The maximum absolute atomic E-state index is 6.25. The van der Waals surface area contributed by atoms with Gasteiger partial charge in [-0.1, -0.05) is 41.4 Å². The second-order valence-corrected chi connectivity index (χ2v) is 7.29. The summed E-state index contributed by atoms with van der Waals surface area (Å²) in [6.45, 7) is 0. The number of nitrogens with one attached hydrogen (secondary N) is 2. The van der Waals surface area contributed by atoms with E-state index >= 15 is 0 Å². The highest BCUT2D eigenvalue weighted by atomic mass is 35.5. The Morgan fingerprint density at radius 3 is 2.60 bits per heavy atom. The lowest BCUT2D eigenvalue weighted by Gasteiger charge is -2.32. The van der Waals surface area contributed by atoms with E-state index in [4.69, 9.17) is 23.2 Å². The minimum absolute atomic E-state index is 0.341. The third kappa shape index (κ3) is 3.08. The Morgan fingerprint density at radius 2 is 1.88 bits per heavy atom. The van der Waals surface area contributed by atoms with Crippen LogP contribution in [0.1, 0.15) is 41.5 Å². The van der Waals surface area contributed by atoms with Crippen molar-refractivity contribution in [2.24, 2.45) is 0 Å². The maximum Gasteiger partial charge on any atom is 0.0595 e. The molecule has 128 valence electrons. The quantitative estimate of drug-likeness (QED) is 0.631. The standard InChI is InChI=1S/C20H19Cl2N3/c1-23-20-7-5-15(13-3-6-18(21)19(22)9-13)16-4-2-12(8-17(16)20)14-10-24-25-11-14/h2-4,6,8-11,15,20,23H,5,7H2,1H3,(H,24,25)/t15-,20-/m0/s1. The summed E-state index contributed by atoms with van der Waals surface area (Å²) in [7, 11) is 2.03. The Balaban J connectivity index is 1.80. The molecule has 4 rings (SSSR count). The van der Waals surface area contributed by atoms with E-state index in [2.05, 4.69) is 39.8 Å². The molecule has 0 fully saturated rings. The summed E-state index contributed by atoms with van der Waals surface area (Å²) in [5.41, 5.74) is 6.22. The molecule has 0 amide bonds. The first kappa shape index (κ1) is 16.6. The Labute approximate surface area is 157 Å². The Kier molecular flexibility index (Phi) is 4.55. The van der Waals surface area contributed by atoms with Crippen LogP contribution in [0.2, 0.25) is 10.0 Å². The molecule has 0 saturated carbocycles. The van der Waals surface area contributed by atoms with Crippen molar-refractivity contribution in [3.8, 4) is 11.1 Å². The van der Waals surface area contributed by atoms with Crippen molar-refractivity contribution in [1.29, 1.82) is 0 Å². The van der Waals surface area contributed by atoms with Gasteiger partial charge in [0.15, 0.2) is 0 Å². The minimum atomic E-state index is 0.341. The highest BCUT2D eigenvalue weighted by Gasteiger charge is 2.28. The lowest BCUT2D eigenvalue weighted by atomic mass is 9.76. The van der Waals surface area contributed by atoms with E-state index in [1.807, 2.05) is 31.6 Å². The van der Waals surface area contributed by atoms with E-state index in [-0.39, 0.29) is 0 Å². The fraction of sp³-hybridized carbons (Fsp3) is 0.250. The van der Waals surface area contributed by atoms with E-state index in [0.29, 0.717) is 22.0 Å². The molecule has 3 nitrogen and oxygen atoms in total. The summed E-state index contributed by atoms with van der Waals surface area (Å²) >= 11 is 12.3.